The molecule has 6 heteroatoms. The van der Waals surface area contributed by atoms with Gasteiger partial charge in [0.1, 0.15) is 5.69 Å². The van der Waals surface area contributed by atoms with Gasteiger partial charge in [-0.25, -0.2) is 4.98 Å². The molecule has 0 atom stereocenters. The summed E-state index contributed by atoms with van der Waals surface area (Å²) in [5.41, 5.74) is 1.94. The van der Waals surface area contributed by atoms with E-state index in [9.17, 15) is 14.9 Å². The minimum atomic E-state index is -0.451. The summed E-state index contributed by atoms with van der Waals surface area (Å²) in [6.07, 6.45) is 2.39. The Bertz CT molecular complexity index is 653. The number of esters is 1. The molecule has 0 aliphatic heterocycles. The molecule has 0 spiro atoms. The highest BCUT2D eigenvalue weighted by Crippen LogP contribution is 2.27. The third kappa shape index (κ3) is 3.62. The number of pyridine rings is 1. The maximum Gasteiger partial charge on any atom is 0.305 e. The fourth-order valence-corrected chi connectivity index (χ4v) is 1.94. The summed E-state index contributed by atoms with van der Waals surface area (Å²) in [6.45, 7) is 0. The lowest BCUT2D eigenvalue weighted by atomic mass is 10.0. The molecule has 2 rings (SSSR count). The Kier molecular flexibility index (Phi) is 4.61. The Morgan fingerprint density at radius 2 is 2.00 bits per heavy atom. The summed E-state index contributed by atoms with van der Waals surface area (Å²) in [6, 6.07) is 10.1. The first-order chi connectivity index (χ1) is 10.1. The average molecular weight is 286 g/mol. The summed E-state index contributed by atoms with van der Waals surface area (Å²) >= 11 is 0. The number of hydrogen-bond donors (Lipinski definition) is 0. The summed E-state index contributed by atoms with van der Waals surface area (Å²) in [5, 5.41) is 11.0. The standard InChI is InChI=1S/C15H14N2O4/c1-21-14(18)9-6-11-4-7-12(8-5-11)15-13(17(19)20)3-2-10-16-15/h2-5,7-8,10H,6,9H2,1H3. The van der Waals surface area contributed by atoms with Gasteiger partial charge in [0.05, 0.1) is 12.0 Å². The number of nitro groups is 1. The molecule has 0 radical (unpaired) electrons. The molecular weight excluding hydrogens is 272 g/mol. The molecule has 0 saturated heterocycles. The molecule has 0 saturated carbocycles. The smallest absolute Gasteiger partial charge is 0.305 e. The van der Waals surface area contributed by atoms with Gasteiger partial charge in [-0.15, -0.1) is 0 Å². The first-order valence-electron chi connectivity index (χ1n) is 6.37. The second-order valence-corrected chi connectivity index (χ2v) is 4.40. The van der Waals surface area contributed by atoms with Crippen molar-refractivity contribution in [1.82, 2.24) is 4.98 Å². The van der Waals surface area contributed by atoms with Crippen LogP contribution >= 0.6 is 0 Å². The Hall–Kier alpha value is -2.76. The molecule has 0 amide bonds. The number of aromatic nitrogens is 1. The minimum Gasteiger partial charge on any atom is -0.469 e. The molecule has 108 valence electrons. The highest BCUT2D eigenvalue weighted by atomic mass is 16.6. The highest BCUT2D eigenvalue weighted by molar-refractivity contribution is 5.70. The number of benzene rings is 1. The van der Waals surface area contributed by atoms with Gasteiger partial charge in [0, 0.05) is 24.2 Å². The van der Waals surface area contributed by atoms with E-state index in [0.29, 0.717) is 24.1 Å². The molecule has 2 aromatic rings. The molecule has 1 aromatic carbocycles. The van der Waals surface area contributed by atoms with Gasteiger partial charge < -0.3 is 4.74 Å². The van der Waals surface area contributed by atoms with Crippen molar-refractivity contribution in [2.75, 3.05) is 7.11 Å². The number of nitrogens with zero attached hydrogens (tertiary/aromatic N) is 2. The highest BCUT2D eigenvalue weighted by Gasteiger charge is 2.15. The quantitative estimate of drug-likeness (QED) is 0.479. The fraction of sp³-hybridized carbons (Fsp3) is 0.200. The first kappa shape index (κ1) is 14.6. The maximum atomic E-state index is 11.1. The van der Waals surface area contributed by atoms with E-state index in [1.807, 2.05) is 12.1 Å². The van der Waals surface area contributed by atoms with Crippen LogP contribution in [0.4, 0.5) is 5.69 Å². The van der Waals surface area contributed by atoms with Crippen LogP contribution in [0, 0.1) is 10.1 Å². The number of methoxy groups -OCH3 is 1. The van der Waals surface area contributed by atoms with Crippen LogP contribution in [-0.4, -0.2) is 23.0 Å². The van der Waals surface area contributed by atoms with E-state index in [0.717, 1.165) is 5.56 Å². The van der Waals surface area contributed by atoms with Crippen LogP contribution in [0.25, 0.3) is 11.3 Å². The van der Waals surface area contributed by atoms with Gasteiger partial charge in [-0.2, -0.15) is 0 Å². The van der Waals surface area contributed by atoms with E-state index in [-0.39, 0.29) is 11.7 Å². The van der Waals surface area contributed by atoms with E-state index in [2.05, 4.69) is 9.72 Å². The Morgan fingerprint density at radius 3 is 2.62 bits per heavy atom. The van der Waals surface area contributed by atoms with Crippen molar-refractivity contribution >= 4 is 11.7 Å². The number of aryl methyl sites for hydroxylation is 1. The molecule has 0 fully saturated rings. The lowest BCUT2D eigenvalue weighted by molar-refractivity contribution is -0.384. The van der Waals surface area contributed by atoms with Crippen molar-refractivity contribution in [3.8, 4) is 11.3 Å². The van der Waals surface area contributed by atoms with Crippen molar-refractivity contribution in [3.63, 3.8) is 0 Å². The van der Waals surface area contributed by atoms with Crippen molar-refractivity contribution < 1.29 is 14.5 Å². The first-order valence-corrected chi connectivity index (χ1v) is 6.37. The second-order valence-electron chi connectivity index (χ2n) is 4.40. The number of rotatable bonds is 5. The molecule has 0 aliphatic carbocycles. The van der Waals surface area contributed by atoms with Crippen molar-refractivity contribution in [2.24, 2.45) is 0 Å². The Balaban J connectivity index is 2.19. The van der Waals surface area contributed by atoms with Crippen LogP contribution in [0.1, 0.15) is 12.0 Å². The van der Waals surface area contributed by atoms with Gasteiger partial charge in [0.25, 0.3) is 5.69 Å². The van der Waals surface area contributed by atoms with E-state index in [4.69, 9.17) is 0 Å². The van der Waals surface area contributed by atoms with Crippen molar-refractivity contribution in [2.45, 2.75) is 12.8 Å². The lowest BCUT2D eigenvalue weighted by Crippen LogP contribution is -2.01. The lowest BCUT2D eigenvalue weighted by Gasteiger charge is -2.04. The average Bonchev–Trinajstić information content (AvgIpc) is 2.53. The second kappa shape index (κ2) is 6.60. The summed E-state index contributed by atoms with van der Waals surface area (Å²) in [5.74, 6) is -0.264. The third-order valence-corrected chi connectivity index (χ3v) is 3.06. The largest absolute Gasteiger partial charge is 0.469 e. The number of carbonyl (C=O) groups excluding carboxylic acids is 1. The minimum absolute atomic E-state index is 0.0280. The fourth-order valence-electron chi connectivity index (χ4n) is 1.94. The van der Waals surface area contributed by atoms with E-state index >= 15 is 0 Å². The van der Waals surface area contributed by atoms with Gasteiger partial charge in [-0.3, -0.25) is 14.9 Å². The Labute approximate surface area is 121 Å². The molecule has 1 heterocycles. The number of carbonyl (C=O) groups is 1. The van der Waals surface area contributed by atoms with E-state index in [1.54, 1.807) is 12.1 Å². The molecular formula is C15H14N2O4. The van der Waals surface area contributed by atoms with Crippen LogP contribution in [0.3, 0.4) is 0 Å². The molecule has 6 nitrogen and oxygen atoms in total. The predicted molar refractivity (Wildman–Crippen MR) is 76.7 cm³/mol. The van der Waals surface area contributed by atoms with Crippen LogP contribution in [0.2, 0.25) is 0 Å². The monoisotopic (exact) mass is 286 g/mol. The molecule has 0 bridgehead atoms. The van der Waals surface area contributed by atoms with Gasteiger partial charge in [-0.1, -0.05) is 24.3 Å². The van der Waals surface area contributed by atoms with Gasteiger partial charge in [-0.05, 0) is 18.1 Å². The van der Waals surface area contributed by atoms with E-state index in [1.165, 1.54) is 25.4 Å². The van der Waals surface area contributed by atoms with Gasteiger partial charge in [0.2, 0.25) is 0 Å². The predicted octanol–water partition coefficient (Wildman–Crippen LogP) is 2.76. The zero-order valence-electron chi connectivity index (χ0n) is 11.5. The molecule has 21 heavy (non-hydrogen) atoms. The number of hydrogen-bond acceptors (Lipinski definition) is 5. The van der Waals surface area contributed by atoms with E-state index < -0.39 is 4.92 Å². The summed E-state index contributed by atoms with van der Waals surface area (Å²) < 4.78 is 4.58. The molecule has 1 aromatic heterocycles. The van der Waals surface area contributed by atoms with Crippen LogP contribution in [0.15, 0.2) is 42.6 Å². The van der Waals surface area contributed by atoms with Gasteiger partial charge >= 0.3 is 5.97 Å². The summed E-state index contributed by atoms with van der Waals surface area (Å²) in [4.78, 5) is 25.7. The summed E-state index contributed by atoms with van der Waals surface area (Å²) in [7, 11) is 1.35. The van der Waals surface area contributed by atoms with Crippen LogP contribution in [0.5, 0.6) is 0 Å². The van der Waals surface area contributed by atoms with Crippen molar-refractivity contribution in [1.29, 1.82) is 0 Å². The van der Waals surface area contributed by atoms with Gasteiger partial charge in [0.15, 0.2) is 0 Å². The molecule has 0 aliphatic rings. The van der Waals surface area contributed by atoms with Crippen LogP contribution < -0.4 is 0 Å². The van der Waals surface area contributed by atoms with Crippen molar-refractivity contribution in [3.05, 3.63) is 58.3 Å². The number of ether oxygens (including phenoxy) is 1. The topological polar surface area (TPSA) is 82.3 Å². The van der Waals surface area contributed by atoms with Crippen LogP contribution in [-0.2, 0) is 16.0 Å². The molecule has 0 unspecified atom stereocenters. The third-order valence-electron chi connectivity index (χ3n) is 3.06. The SMILES string of the molecule is COC(=O)CCc1ccc(-c2ncccc2[N+](=O)[O-])cc1. The normalized spacial score (nSPS) is 10.1. The zero-order valence-corrected chi connectivity index (χ0v) is 11.5. The molecule has 0 N–H and O–H groups in total. The Morgan fingerprint density at radius 1 is 1.29 bits per heavy atom. The maximum absolute atomic E-state index is 11.1. The zero-order chi connectivity index (χ0) is 15.2.